The Morgan fingerprint density at radius 3 is 2.80 bits per heavy atom. The summed E-state index contributed by atoms with van der Waals surface area (Å²) in [6, 6.07) is 13.7. The van der Waals surface area contributed by atoms with Crippen LogP contribution in [0.5, 0.6) is 0 Å². The Morgan fingerprint density at radius 2 is 1.92 bits per heavy atom. The predicted octanol–water partition coefficient (Wildman–Crippen LogP) is 2.31. The highest BCUT2D eigenvalue weighted by Crippen LogP contribution is 2.18. The lowest BCUT2D eigenvalue weighted by Crippen LogP contribution is -2.35. The van der Waals surface area contributed by atoms with Gasteiger partial charge in [0.25, 0.3) is 5.91 Å². The molecule has 0 atom stereocenters. The maximum Gasteiger partial charge on any atom is 0.275 e. The number of rotatable bonds is 3. The highest BCUT2D eigenvalue weighted by Gasteiger charge is 2.23. The van der Waals surface area contributed by atoms with Crippen LogP contribution in [0, 0.1) is 0 Å². The number of para-hydroxylation sites is 1. The van der Waals surface area contributed by atoms with E-state index in [1.165, 1.54) is 0 Å². The van der Waals surface area contributed by atoms with Gasteiger partial charge in [0.1, 0.15) is 0 Å². The summed E-state index contributed by atoms with van der Waals surface area (Å²) < 4.78 is 0. The van der Waals surface area contributed by atoms with Crippen molar-refractivity contribution in [1.29, 1.82) is 0 Å². The van der Waals surface area contributed by atoms with Crippen LogP contribution in [0.4, 0.5) is 0 Å². The number of pyridine rings is 1. The zero-order valence-electron chi connectivity index (χ0n) is 14.1. The largest absolute Gasteiger partial charge is 0.336 e. The number of aromatic amines is 1. The van der Waals surface area contributed by atoms with Gasteiger partial charge >= 0.3 is 0 Å². The number of aromatic nitrogens is 3. The van der Waals surface area contributed by atoms with Gasteiger partial charge in [0.05, 0.1) is 11.2 Å². The lowest BCUT2D eigenvalue weighted by Gasteiger charge is -2.21. The number of nitrogens with one attached hydrogen (secondary N) is 1. The van der Waals surface area contributed by atoms with E-state index >= 15 is 0 Å². The Morgan fingerprint density at radius 1 is 1.04 bits per heavy atom. The quantitative estimate of drug-likeness (QED) is 0.798. The molecular formula is C19H21N5O. The highest BCUT2D eigenvalue weighted by molar-refractivity contribution is 6.04. The molecule has 1 amide bonds. The van der Waals surface area contributed by atoms with Gasteiger partial charge in [0, 0.05) is 44.3 Å². The van der Waals surface area contributed by atoms with Crippen LogP contribution >= 0.6 is 0 Å². The molecule has 6 nitrogen and oxygen atoms in total. The molecule has 0 spiro atoms. The number of H-pyrrole nitrogens is 1. The van der Waals surface area contributed by atoms with E-state index in [9.17, 15) is 4.79 Å². The minimum absolute atomic E-state index is 0.0112. The van der Waals surface area contributed by atoms with Gasteiger partial charge in [-0.15, -0.1) is 0 Å². The smallest absolute Gasteiger partial charge is 0.275 e. The summed E-state index contributed by atoms with van der Waals surface area (Å²) in [4.78, 5) is 21.6. The van der Waals surface area contributed by atoms with Gasteiger partial charge in [0.2, 0.25) is 0 Å². The number of amides is 1. The van der Waals surface area contributed by atoms with Crippen LogP contribution in [-0.2, 0) is 6.54 Å². The van der Waals surface area contributed by atoms with Crippen LogP contribution in [0.2, 0.25) is 0 Å². The van der Waals surface area contributed by atoms with Crippen LogP contribution in [0.3, 0.4) is 0 Å². The van der Waals surface area contributed by atoms with Gasteiger partial charge in [-0.3, -0.25) is 19.8 Å². The van der Waals surface area contributed by atoms with Gasteiger partial charge in [-0.1, -0.05) is 24.3 Å². The van der Waals surface area contributed by atoms with E-state index in [1.54, 1.807) is 0 Å². The predicted molar refractivity (Wildman–Crippen MR) is 96.1 cm³/mol. The van der Waals surface area contributed by atoms with Crippen LogP contribution < -0.4 is 0 Å². The standard InChI is InChI=1S/C19H21N5O/c25-19(18-16-7-1-2-8-17(16)21-22-18)24-11-5-10-23(12-13-24)14-15-6-3-4-9-20-15/h1-4,6-9H,5,10-14H2,(H,21,22). The van der Waals surface area contributed by atoms with Crippen molar-refractivity contribution in [2.24, 2.45) is 0 Å². The monoisotopic (exact) mass is 335 g/mol. The van der Waals surface area contributed by atoms with Gasteiger partial charge in [-0.05, 0) is 24.6 Å². The SMILES string of the molecule is O=C(c1n[nH]c2ccccc12)N1CCCN(Cc2ccccn2)CC1. The molecule has 0 bridgehead atoms. The number of hydrogen-bond acceptors (Lipinski definition) is 4. The molecular weight excluding hydrogens is 314 g/mol. The van der Waals surface area contributed by atoms with Crippen molar-refractivity contribution in [3.63, 3.8) is 0 Å². The summed E-state index contributed by atoms with van der Waals surface area (Å²) >= 11 is 0. The zero-order valence-corrected chi connectivity index (χ0v) is 14.1. The fourth-order valence-corrected chi connectivity index (χ4v) is 3.33. The Labute approximate surface area is 146 Å². The molecule has 3 aromatic rings. The molecule has 4 rings (SSSR count). The molecule has 128 valence electrons. The highest BCUT2D eigenvalue weighted by atomic mass is 16.2. The molecule has 6 heteroatoms. The van der Waals surface area contributed by atoms with E-state index in [4.69, 9.17) is 0 Å². The van der Waals surface area contributed by atoms with E-state index in [2.05, 4.69) is 20.1 Å². The Balaban J connectivity index is 1.44. The van der Waals surface area contributed by atoms with Crippen molar-refractivity contribution in [2.75, 3.05) is 26.2 Å². The second-order valence-corrected chi connectivity index (χ2v) is 6.36. The van der Waals surface area contributed by atoms with Crippen LogP contribution in [0.1, 0.15) is 22.6 Å². The molecule has 1 N–H and O–H groups in total. The van der Waals surface area contributed by atoms with Crippen LogP contribution in [0.25, 0.3) is 10.9 Å². The zero-order chi connectivity index (χ0) is 17.1. The topological polar surface area (TPSA) is 65.1 Å². The number of carbonyl (C=O) groups is 1. The lowest BCUT2D eigenvalue weighted by molar-refractivity contribution is 0.0757. The molecule has 2 aromatic heterocycles. The molecule has 25 heavy (non-hydrogen) atoms. The van der Waals surface area contributed by atoms with Crippen molar-refractivity contribution in [1.82, 2.24) is 25.0 Å². The molecule has 1 aliphatic heterocycles. The van der Waals surface area contributed by atoms with E-state index in [0.29, 0.717) is 12.2 Å². The first kappa shape index (κ1) is 15.8. The van der Waals surface area contributed by atoms with Gasteiger partial charge in [0.15, 0.2) is 5.69 Å². The van der Waals surface area contributed by atoms with E-state index in [0.717, 1.165) is 49.2 Å². The first-order valence-electron chi connectivity index (χ1n) is 8.66. The van der Waals surface area contributed by atoms with Gasteiger partial charge in [-0.2, -0.15) is 5.10 Å². The van der Waals surface area contributed by atoms with Gasteiger partial charge in [-0.25, -0.2) is 0 Å². The number of carbonyl (C=O) groups excluding carboxylic acids is 1. The van der Waals surface area contributed by atoms with Crippen molar-refractivity contribution in [2.45, 2.75) is 13.0 Å². The fourth-order valence-electron chi connectivity index (χ4n) is 3.33. The normalized spacial score (nSPS) is 16.1. The molecule has 0 saturated carbocycles. The van der Waals surface area contributed by atoms with Crippen molar-refractivity contribution in [3.8, 4) is 0 Å². The summed E-state index contributed by atoms with van der Waals surface area (Å²) in [7, 11) is 0. The molecule has 0 aliphatic carbocycles. The Bertz CT molecular complexity index is 860. The number of fused-ring (bicyclic) bond motifs is 1. The molecule has 1 aliphatic rings. The minimum Gasteiger partial charge on any atom is -0.336 e. The van der Waals surface area contributed by atoms with Crippen molar-refractivity contribution in [3.05, 3.63) is 60.0 Å². The molecule has 3 heterocycles. The number of hydrogen-bond donors (Lipinski definition) is 1. The molecule has 1 aromatic carbocycles. The second kappa shape index (κ2) is 7.03. The first-order chi connectivity index (χ1) is 12.3. The summed E-state index contributed by atoms with van der Waals surface area (Å²) in [6.45, 7) is 4.13. The number of benzene rings is 1. The van der Waals surface area contributed by atoms with E-state index < -0.39 is 0 Å². The number of nitrogens with zero attached hydrogens (tertiary/aromatic N) is 4. The van der Waals surface area contributed by atoms with Crippen LogP contribution in [-0.4, -0.2) is 57.1 Å². The average Bonchev–Trinajstić information content (AvgIpc) is 2.95. The fraction of sp³-hybridized carbons (Fsp3) is 0.316. The summed E-state index contributed by atoms with van der Waals surface area (Å²) in [5, 5.41) is 8.09. The van der Waals surface area contributed by atoms with E-state index in [-0.39, 0.29) is 5.91 Å². The third-order valence-electron chi connectivity index (χ3n) is 4.66. The third kappa shape index (κ3) is 3.39. The summed E-state index contributed by atoms with van der Waals surface area (Å²) in [6.07, 6.45) is 2.78. The van der Waals surface area contributed by atoms with Crippen molar-refractivity contribution >= 4 is 16.8 Å². The maximum absolute atomic E-state index is 12.9. The second-order valence-electron chi connectivity index (χ2n) is 6.36. The molecule has 1 saturated heterocycles. The lowest BCUT2D eigenvalue weighted by atomic mass is 10.2. The Hall–Kier alpha value is -2.73. The maximum atomic E-state index is 12.9. The molecule has 0 unspecified atom stereocenters. The molecule has 1 fully saturated rings. The minimum atomic E-state index is 0.0112. The Kier molecular flexibility index (Phi) is 4.43. The van der Waals surface area contributed by atoms with Crippen LogP contribution in [0.15, 0.2) is 48.7 Å². The third-order valence-corrected chi connectivity index (χ3v) is 4.66. The first-order valence-corrected chi connectivity index (χ1v) is 8.66. The summed E-state index contributed by atoms with van der Waals surface area (Å²) in [5.74, 6) is 0.0112. The average molecular weight is 335 g/mol. The summed E-state index contributed by atoms with van der Waals surface area (Å²) in [5.41, 5.74) is 2.49. The molecule has 0 radical (unpaired) electrons. The van der Waals surface area contributed by atoms with Gasteiger partial charge < -0.3 is 4.90 Å². The van der Waals surface area contributed by atoms with E-state index in [1.807, 2.05) is 53.6 Å². The van der Waals surface area contributed by atoms with Crippen molar-refractivity contribution < 1.29 is 4.79 Å².